The van der Waals surface area contributed by atoms with Gasteiger partial charge in [0.05, 0.1) is 23.8 Å². The number of oxazole rings is 1. The minimum absolute atomic E-state index is 0.000118. The number of rotatable bonds is 2. The van der Waals surface area contributed by atoms with Gasteiger partial charge in [-0.15, -0.1) is 0 Å². The third-order valence-electron chi connectivity index (χ3n) is 4.63. The molecular weight excluding hydrogens is 344 g/mol. The molecule has 0 atom stereocenters. The van der Waals surface area contributed by atoms with Crippen molar-refractivity contribution in [1.82, 2.24) is 20.3 Å². The van der Waals surface area contributed by atoms with Crippen LogP contribution < -0.4 is 16.0 Å². The van der Waals surface area contributed by atoms with Gasteiger partial charge in [0.1, 0.15) is 5.52 Å². The maximum Gasteiger partial charge on any atom is 0.292 e. The maximum atomic E-state index is 12.1. The van der Waals surface area contributed by atoms with Crippen molar-refractivity contribution in [2.24, 2.45) is 0 Å². The largest absolute Gasteiger partial charge is 0.424 e. The topological polar surface area (TPSA) is 110 Å². The molecule has 0 unspecified atom stereocenters. The number of hydrogen-bond acceptors (Lipinski definition) is 7. The van der Waals surface area contributed by atoms with Crippen molar-refractivity contribution in [2.45, 2.75) is 0 Å². The number of nitrogens with one attached hydrogen (secondary N) is 1. The van der Waals surface area contributed by atoms with Crippen LogP contribution in [0.25, 0.3) is 33.3 Å². The Morgan fingerprint density at radius 2 is 1.85 bits per heavy atom. The molecule has 3 N–H and O–H groups in total. The van der Waals surface area contributed by atoms with E-state index in [1.807, 2.05) is 36.4 Å². The Hall–Kier alpha value is -3.52. The summed E-state index contributed by atoms with van der Waals surface area (Å²) in [5.41, 5.74) is 10.4. The number of hydrogen-bond donors (Lipinski definition) is 2. The van der Waals surface area contributed by atoms with Crippen LogP contribution in [0.2, 0.25) is 0 Å². The Bertz CT molecular complexity index is 1190. The van der Waals surface area contributed by atoms with Crippen LogP contribution in [0.1, 0.15) is 0 Å². The molecule has 5 rings (SSSR count). The average Bonchev–Trinajstić information content (AvgIpc) is 3.06. The number of aromatic nitrogens is 3. The number of anilines is 2. The van der Waals surface area contributed by atoms with Crippen molar-refractivity contribution in [2.75, 3.05) is 30.3 Å². The standard InChI is InChI=1S/C19H16N6O2/c20-19-24-15-8-12(2-4-16(15)27-19)11-1-3-13-14(7-11)23-17(9-22-13)25-6-5-21-10-18(25)26/h1-4,7-9,21H,5-6,10H2,(H2,20,24). The van der Waals surface area contributed by atoms with Crippen LogP contribution in [0, 0.1) is 0 Å². The number of nitrogens with zero attached hydrogens (tertiary/aromatic N) is 4. The number of nitrogens with two attached hydrogens (primary N) is 1. The molecule has 4 aromatic rings. The van der Waals surface area contributed by atoms with Gasteiger partial charge in [0.2, 0.25) is 5.91 Å². The third-order valence-corrected chi connectivity index (χ3v) is 4.63. The molecule has 0 radical (unpaired) electrons. The summed E-state index contributed by atoms with van der Waals surface area (Å²) in [6, 6.07) is 11.7. The highest BCUT2D eigenvalue weighted by molar-refractivity contribution is 5.95. The second-order valence-electron chi connectivity index (χ2n) is 6.39. The number of amides is 1. The van der Waals surface area contributed by atoms with E-state index in [9.17, 15) is 4.79 Å². The van der Waals surface area contributed by atoms with Gasteiger partial charge in [-0.25, -0.2) is 4.98 Å². The third kappa shape index (κ3) is 2.76. The maximum absolute atomic E-state index is 12.1. The van der Waals surface area contributed by atoms with Crippen LogP contribution in [0.15, 0.2) is 47.0 Å². The van der Waals surface area contributed by atoms with E-state index in [-0.39, 0.29) is 11.9 Å². The molecule has 0 aliphatic carbocycles. The van der Waals surface area contributed by atoms with Gasteiger partial charge >= 0.3 is 0 Å². The highest BCUT2D eigenvalue weighted by Crippen LogP contribution is 2.28. The number of carbonyl (C=O) groups excluding carboxylic acids is 1. The molecule has 8 nitrogen and oxygen atoms in total. The highest BCUT2D eigenvalue weighted by Gasteiger charge is 2.21. The zero-order chi connectivity index (χ0) is 18.4. The predicted octanol–water partition coefficient (Wildman–Crippen LogP) is 1.96. The Labute approximate surface area is 154 Å². The van der Waals surface area contributed by atoms with Crippen LogP contribution in [-0.2, 0) is 4.79 Å². The van der Waals surface area contributed by atoms with Crippen LogP contribution in [0.4, 0.5) is 11.8 Å². The molecule has 0 spiro atoms. The number of benzene rings is 2. The summed E-state index contributed by atoms with van der Waals surface area (Å²) in [6.45, 7) is 1.65. The van der Waals surface area contributed by atoms with Crippen LogP contribution in [0.5, 0.6) is 0 Å². The summed E-state index contributed by atoms with van der Waals surface area (Å²) in [4.78, 5) is 27.1. The molecule has 8 heteroatoms. The molecule has 0 saturated carbocycles. The summed E-state index contributed by atoms with van der Waals surface area (Å²) in [7, 11) is 0. The van der Waals surface area contributed by atoms with Crippen LogP contribution in [-0.4, -0.2) is 40.5 Å². The van der Waals surface area contributed by atoms with E-state index in [0.29, 0.717) is 30.0 Å². The van der Waals surface area contributed by atoms with Crippen molar-refractivity contribution in [3.63, 3.8) is 0 Å². The van der Waals surface area contributed by atoms with Crippen LogP contribution >= 0.6 is 0 Å². The van der Waals surface area contributed by atoms with Crippen molar-refractivity contribution < 1.29 is 9.21 Å². The highest BCUT2D eigenvalue weighted by atomic mass is 16.4. The first-order valence-electron chi connectivity index (χ1n) is 8.62. The van der Waals surface area contributed by atoms with E-state index in [0.717, 1.165) is 28.7 Å². The first kappa shape index (κ1) is 15.7. The minimum Gasteiger partial charge on any atom is -0.424 e. The molecule has 1 amide bonds. The molecule has 2 aromatic carbocycles. The minimum atomic E-state index is 0.000118. The first-order chi connectivity index (χ1) is 13.2. The Morgan fingerprint density at radius 1 is 1.04 bits per heavy atom. The first-order valence-corrected chi connectivity index (χ1v) is 8.62. The molecule has 3 heterocycles. The number of piperazine rings is 1. The molecule has 1 aliphatic rings. The fourth-order valence-corrected chi connectivity index (χ4v) is 3.28. The quantitative estimate of drug-likeness (QED) is 0.562. The average molecular weight is 360 g/mol. The monoisotopic (exact) mass is 360 g/mol. The van der Waals surface area contributed by atoms with E-state index < -0.39 is 0 Å². The van der Waals surface area contributed by atoms with Crippen molar-refractivity contribution >= 4 is 39.9 Å². The van der Waals surface area contributed by atoms with Crippen molar-refractivity contribution in [1.29, 1.82) is 0 Å². The Morgan fingerprint density at radius 3 is 2.70 bits per heavy atom. The van der Waals surface area contributed by atoms with E-state index in [2.05, 4.69) is 20.3 Å². The van der Waals surface area contributed by atoms with Gasteiger partial charge in [0.25, 0.3) is 6.01 Å². The lowest BCUT2D eigenvalue weighted by molar-refractivity contribution is -0.118. The fraction of sp³-hybridized carbons (Fsp3) is 0.158. The lowest BCUT2D eigenvalue weighted by Gasteiger charge is -2.26. The van der Waals surface area contributed by atoms with Gasteiger partial charge in [-0.2, -0.15) is 4.98 Å². The number of nitrogen functional groups attached to an aromatic ring is 1. The molecular formula is C19H16N6O2. The van der Waals surface area contributed by atoms with Crippen molar-refractivity contribution in [3.05, 3.63) is 42.6 Å². The summed E-state index contributed by atoms with van der Waals surface area (Å²) in [5, 5.41) is 3.06. The predicted molar refractivity (Wildman–Crippen MR) is 102 cm³/mol. The van der Waals surface area contributed by atoms with Gasteiger partial charge in [-0.05, 0) is 35.4 Å². The van der Waals surface area contributed by atoms with Gasteiger partial charge in [-0.1, -0.05) is 12.1 Å². The van der Waals surface area contributed by atoms with E-state index >= 15 is 0 Å². The zero-order valence-electron chi connectivity index (χ0n) is 14.3. The molecule has 1 saturated heterocycles. The Kier molecular flexibility index (Phi) is 3.51. The SMILES string of the molecule is Nc1nc2cc(-c3ccc4ncc(N5CCNCC5=O)nc4c3)ccc2o1. The number of carbonyl (C=O) groups is 1. The molecule has 1 aliphatic heterocycles. The van der Waals surface area contributed by atoms with Gasteiger partial charge in [0.15, 0.2) is 11.4 Å². The second kappa shape index (κ2) is 6.03. The molecule has 134 valence electrons. The van der Waals surface area contributed by atoms with Crippen LogP contribution in [0.3, 0.4) is 0 Å². The molecule has 0 bridgehead atoms. The second-order valence-corrected chi connectivity index (χ2v) is 6.39. The van der Waals surface area contributed by atoms with Gasteiger partial charge < -0.3 is 15.5 Å². The normalized spacial score (nSPS) is 15.0. The summed E-state index contributed by atoms with van der Waals surface area (Å²) in [6.07, 6.45) is 1.65. The summed E-state index contributed by atoms with van der Waals surface area (Å²) in [5.74, 6) is 0.575. The molecule has 1 fully saturated rings. The van der Waals surface area contributed by atoms with Gasteiger partial charge in [0, 0.05) is 13.1 Å². The van der Waals surface area contributed by atoms with Gasteiger partial charge in [-0.3, -0.25) is 14.7 Å². The fourth-order valence-electron chi connectivity index (χ4n) is 3.28. The lowest BCUT2D eigenvalue weighted by Crippen LogP contribution is -2.48. The lowest BCUT2D eigenvalue weighted by atomic mass is 10.0. The summed E-state index contributed by atoms with van der Waals surface area (Å²) < 4.78 is 5.32. The number of fused-ring (bicyclic) bond motifs is 2. The smallest absolute Gasteiger partial charge is 0.292 e. The zero-order valence-corrected chi connectivity index (χ0v) is 14.3. The Balaban J connectivity index is 1.57. The molecule has 27 heavy (non-hydrogen) atoms. The molecule has 2 aromatic heterocycles. The van der Waals surface area contributed by atoms with E-state index in [1.165, 1.54) is 0 Å². The summed E-state index contributed by atoms with van der Waals surface area (Å²) >= 11 is 0. The van der Waals surface area contributed by atoms with E-state index in [4.69, 9.17) is 10.2 Å². The van der Waals surface area contributed by atoms with Crippen molar-refractivity contribution in [3.8, 4) is 11.1 Å². The van der Waals surface area contributed by atoms with E-state index in [1.54, 1.807) is 11.1 Å².